The standard InChI is InChI=1S/C16H16F3N3O4S/c1-26-7-6-21-15(23)14-13(20)8-12(9-22-14)27(24,25)11-4-2-10(3-5-11)16(17,18)19/h2-5,8-9H,6-7,20H2,1H3,(H,21,23). The van der Waals surface area contributed by atoms with Gasteiger partial charge < -0.3 is 15.8 Å². The topological polar surface area (TPSA) is 111 Å². The summed E-state index contributed by atoms with van der Waals surface area (Å²) >= 11 is 0. The number of rotatable bonds is 6. The number of amides is 1. The highest BCUT2D eigenvalue weighted by Crippen LogP contribution is 2.31. The van der Waals surface area contributed by atoms with Crippen LogP contribution in [0.15, 0.2) is 46.3 Å². The number of nitrogen functional groups attached to an aromatic ring is 1. The number of benzene rings is 1. The van der Waals surface area contributed by atoms with Crippen LogP contribution in [0.4, 0.5) is 18.9 Å². The van der Waals surface area contributed by atoms with E-state index < -0.39 is 27.5 Å². The normalized spacial score (nSPS) is 12.0. The largest absolute Gasteiger partial charge is 0.416 e. The van der Waals surface area contributed by atoms with Gasteiger partial charge in [0, 0.05) is 19.9 Å². The minimum Gasteiger partial charge on any atom is -0.397 e. The quantitative estimate of drug-likeness (QED) is 0.713. The predicted octanol–water partition coefficient (Wildman–Crippen LogP) is 1.89. The summed E-state index contributed by atoms with van der Waals surface area (Å²) in [6.07, 6.45) is -3.65. The number of aromatic nitrogens is 1. The van der Waals surface area contributed by atoms with E-state index in [9.17, 15) is 26.4 Å². The second-order valence-electron chi connectivity index (χ2n) is 5.38. The average molecular weight is 403 g/mol. The number of hydrogen-bond acceptors (Lipinski definition) is 6. The molecule has 1 aromatic heterocycles. The fourth-order valence-electron chi connectivity index (χ4n) is 2.11. The van der Waals surface area contributed by atoms with Crippen molar-refractivity contribution < 1.29 is 31.1 Å². The number of sulfone groups is 1. The maximum Gasteiger partial charge on any atom is 0.416 e. The Morgan fingerprint density at radius 1 is 1.22 bits per heavy atom. The zero-order chi connectivity index (χ0) is 20.2. The van der Waals surface area contributed by atoms with E-state index >= 15 is 0 Å². The summed E-state index contributed by atoms with van der Waals surface area (Å²) in [5, 5.41) is 2.49. The van der Waals surface area contributed by atoms with E-state index in [0.29, 0.717) is 12.1 Å². The first kappa shape index (κ1) is 20.6. The van der Waals surface area contributed by atoms with Crippen molar-refractivity contribution in [1.82, 2.24) is 10.3 Å². The number of anilines is 1. The van der Waals surface area contributed by atoms with Gasteiger partial charge in [-0.15, -0.1) is 0 Å². The lowest BCUT2D eigenvalue weighted by Crippen LogP contribution is -2.28. The Morgan fingerprint density at radius 3 is 2.37 bits per heavy atom. The zero-order valence-electron chi connectivity index (χ0n) is 14.1. The maximum atomic E-state index is 12.6. The van der Waals surface area contributed by atoms with Crippen molar-refractivity contribution in [3.63, 3.8) is 0 Å². The molecule has 0 aliphatic heterocycles. The first-order chi connectivity index (χ1) is 12.6. The maximum absolute atomic E-state index is 12.6. The van der Waals surface area contributed by atoms with Crippen LogP contribution in [0.5, 0.6) is 0 Å². The van der Waals surface area contributed by atoms with Crippen molar-refractivity contribution >= 4 is 21.4 Å². The fraction of sp³-hybridized carbons (Fsp3) is 0.250. The molecular weight excluding hydrogens is 387 g/mol. The van der Waals surface area contributed by atoms with E-state index in [1.807, 2.05) is 0 Å². The third-order valence-corrected chi connectivity index (χ3v) is 5.24. The number of alkyl halides is 3. The summed E-state index contributed by atoms with van der Waals surface area (Å²) in [6, 6.07) is 4.06. The van der Waals surface area contributed by atoms with Crippen LogP contribution in [-0.2, 0) is 20.8 Å². The van der Waals surface area contributed by atoms with E-state index in [1.54, 1.807) is 0 Å². The Hall–Kier alpha value is -2.66. The summed E-state index contributed by atoms with van der Waals surface area (Å²) in [5.74, 6) is -0.608. The zero-order valence-corrected chi connectivity index (χ0v) is 14.9. The van der Waals surface area contributed by atoms with Crippen LogP contribution in [0, 0.1) is 0 Å². The number of carbonyl (C=O) groups is 1. The van der Waals surface area contributed by atoms with E-state index in [-0.39, 0.29) is 34.3 Å². The molecule has 0 bridgehead atoms. The van der Waals surface area contributed by atoms with E-state index in [4.69, 9.17) is 10.5 Å². The number of methoxy groups -OCH3 is 1. The molecule has 0 spiro atoms. The molecule has 3 N–H and O–H groups in total. The third kappa shape index (κ3) is 4.74. The minimum atomic E-state index is -4.58. The highest BCUT2D eigenvalue weighted by molar-refractivity contribution is 7.91. The molecule has 1 aromatic carbocycles. The summed E-state index contributed by atoms with van der Waals surface area (Å²) in [7, 11) is -2.69. The number of nitrogens with zero attached hydrogens (tertiary/aromatic N) is 1. The average Bonchev–Trinajstić information content (AvgIpc) is 2.61. The Balaban J connectivity index is 2.29. The van der Waals surface area contributed by atoms with Crippen molar-refractivity contribution in [3.8, 4) is 0 Å². The van der Waals surface area contributed by atoms with Gasteiger partial charge in [0.2, 0.25) is 9.84 Å². The number of pyridine rings is 1. The number of ether oxygens (including phenoxy) is 1. The van der Waals surface area contributed by atoms with Gasteiger partial charge in [-0.05, 0) is 30.3 Å². The van der Waals surface area contributed by atoms with E-state index in [2.05, 4.69) is 10.3 Å². The van der Waals surface area contributed by atoms with Gasteiger partial charge in [0.1, 0.15) is 0 Å². The number of nitrogens with two attached hydrogens (primary N) is 1. The van der Waals surface area contributed by atoms with Crippen LogP contribution >= 0.6 is 0 Å². The van der Waals surface area contributed by atoms with Crippen molar-refractivity contribution in [3.05, 3.63) is 47.8 Å². The van der Waals surface area contributed by atoms with Gasteiger partial charge in [-0.3, -0.25) is 4.79 Å². The van der Waals surface area contributed by atoms with Crippen LogP contribution in [0.25, 0.3) is 0 Å². The molecule has 2 aromatic rings. The highest BCUT2D eigenvalue weighted by Gasteiger charge is 2.31. The highest BCUT2D eigenvalue weighted by atomic mass is 32.2. The van der Waals surface area contributed by atoms with Crippen LogP contribution in [-0.4, -0.2) is 39.6 Å². The molecule has 0 atom stereocenters. The number of hydrogen-bond donors (Lipinski definition) is 2. The SMILES string of the molecule is COCCNC(=O)c1ncc(S(=O)(=O)c2ccc(C(F)(F)F)cc2)cc1N. The van der Waals surface area contributed by atoms with Crippen molar-refractivity contribution in [2.24, 2.45) is 0 Å². The first-order valence-corrected chi connectivity index (χ1v) is 9.00. The van der Waals surface area contributed by atoms with Gasteiger partial charge in [-0.2, -0.15) is 13.2 Å². The van der Waals surface area contributed by atoms with Gasteiger partial charge in [0.05, 0.1) is 27.6 Å². The Morgan fingerprint density at radius 2 is 1.85 bits per heavy atom. The van der Waals surface area contributed by atoms with Crippen LogP contribution in [0.1, 0.15) is 16.1 Å². The van der Waals surface area contributed by atoms with Gasteiger partial charge in [0.25, 0.3) is 5.91 Å². The molecule has 11 heteroatoms. The fourth-order valence-corrected chi connectivity index (χ4v) is 3.35. The first-order valence-electron chi connectivity index (χ1n) is 7.52. The molecule has 0 unspecified atom stereocenters. The van der Waals surface area contributed by atoms with Gasteiger partial charge in [-0.1, -0.05) is 0 Å². The van der Waals surface area contributed by atoms with Gasteiger partial charge in [-0.25, -0.2) is 13.4 Å². The molecule has 0 radical (unpaired) electrons. The lowest BCUT2D eigenvalue weighted by molar-refractivity contribution is -0.137. The third-order valence-electron chi connectivity index (χ3n) is 3.50. The number of halogens is 3. The second-order valence-corrected chi connectivity index (χ2v) is 7.33. The Bertz CT molecular complexity index is 929. The van der Waals surface area contributed by atoms with Gasteiger partial charge >= 0.3 is 6.18 Å². The van der Waals surface area contributed by atoms with Crippen LogP contribution in [0.3, 0.4) is 0 Å². The molecular formula is C16H16F3N3O4S. The molecule has 0 saturated heterocycles. The van der Waals surface area contributed by atoms with Crippen LogP contribution in [0.2, 0.25) is 0 Å². The minimum absolute atomic E-state index is 0.169. The molecule has 0 aliphatic rings. The van der Waals surface area contributed by atoms with E-state index in [1.165, 1.54) is 7.11 Å². The molecule has 2 rings (SSSR count). The smallest absolute Gasteiger partial charge is 0.397 e. The lowest BCUT2D eigenvalue weighted by atomic mass is 10.2. The van der Waals surface area contributed by atoms with Crippen LogP contribution < -0.4 is 11.1 Å². The van der Waals surface area contributed by atoms with Gasteiger partial charge in [0.15, 0.2) is 5.69 Å². The molecule has 0 fully saturated rings. The Labute approximate surface area is 153 Å². The summed E-state index contributed by atoms with van der Waals surface area (Å²) < 4.78 is 67.7. The molecule has 0 saturated carbocycles. The van der Waals surface area contributed by atoms with Crippen molar-refractivity contribution in [2.75, 3.05) is 26.0 Å². The summed E-state index contributed by atoms with van der Waals surface area (Å²) in [6.45, 7) is 0.480. The monoisotopic (exact) mass is 403 g/mol. The summed E-state index contributed by atoms with van der Waals surface area (Å²) in [5.41, 5.74) is 4.39. The number of carbonyl (C=O) groups excluding carboxylic acids is 1. The lowest BCUT2D eigenvalue weighted by Gasteiger charge is -2.10. The van der Waals surface area contributed by atoms with Crippen molar-refractivity contribution in [1.29, 1.82) is 0 Å². The summed E-state index contributed by atoms with van der Waals surface area (Å²) in [4.78, 5) is 15.0. The second kappa shape index (κ2) is 7.92. The molecule has 0 aliphatic carbocycles. The molecule has 27 heavy (non-hydrogen) atoms. The number of nitrogens with one attached hydrogen (secondary N) is 1. The molecule has 1 heterocycles. The predicted molar refractivity (Wildman–Crippen MR) is 89.8 cm³/mol. The molecule has 1 amide bonds. The molecule has 7 nitrogen and oxygen atoms in total. The van der Waals surface area contributed by atoms with Crippen molar-refractivity contribution in [2.45, 2.75) is 16.0 Å². The van der Waals surface area contributed by atoms with E-state index in [0.717, 1.165) is 24.4 Å². The molecule has 146 valence electrons. The Kier molecular flexibility index (Phi) is 6.06.